The smallest absolute Gasteiger partial charge is 0.416 e. The minimum Gasteiger partial charge on any atom is -0.467 e. The summed E-state index contributed by atoms with van der Waals surface area (Å²) in [6.45, 7) is 10.6. The first-order chi connectivity index (χ1) is 20.2. The molecule has 226 valence electrons. The number of hydrogen-bond donors (Lipinski definition) is 0. The van der Waals surface area contributed by atoms with Crippen LogP contribution in [-0.2, 0) is 24.4 Å². The summed E-state index contributed by atoms with van der Waals surface area (Å²) in [4.78, 5) is 44.1. The van der Waals surface area contributed by atoms with E-state index in [4.69, 9.17) is 18.9 Å². The number of ether oxygens (including phenoxy) is 4. The van der Waals surface area contributed by atoms with Crippen LogP contribution in [0.4, 0.5) is 15.3 Å². The molecule has 0 bridgehead atoms. The summed E-state index contributed by atoms with van der Waals surface area (Å²) in [7, 11) is 1.28. The van der Waals surface area contributed by atoms with Gasteiger partial charge in [-0.15, -0.1) is 0 Å². The molecule has 0 radical (unpaired) electrons. The molecule has 3 aromatic rings. The maximum atomic E-state index is 14.0. The van der Waals surface area contributed by atoms with Crippen molar-refractivity contribution in [1.82, 2.24) is 4.90 Å². The van der Waals surface area contributed by atoms with Gasteiger partial charge in [0.2, 0.25) is 0 Å². The molecule has 3 atom stereocenters. The van der Waals surface area contributed by atoms with Crippen LogP contribution in [0.15, 0.2) is 78.9 Å². The largest absolute Gasteiger partial charge is 0.467 e. The molecule has 9 heteroatoms. The van der Waals surface area contributed by atoms with Crippen LogP contribution in [0.5, 0.6) is 11.5 Å². The lowest BCUT2D eigenvalue weighted by molar-refractivity contribution is -0.146. The van der Waals surface area contributed by atoms with Gasteiger partial charge in [-0.2, -0.15) is 0 Å². The molecule has 0 aliphatic carbocycles. The van der Waals surface area contributed by atoms with Gasteiger partial charge in [0.05, 0.1) is 18.2 Å². The van der Waals surface area contributed by atoms with E-state index in [-0.39, 0.29) is 6.42 Å². The maximum absolute atomic E-state index is 14.0. The van der Waals surface area contributed by atoms with Gasteiger partial charge in [0.15, 0.2) is 0 Å². The number of nitrogens with zero attached hydrogens (tertiary/aromatic N) is 2. The molecule has 0 unspecified atom stereocenters. The first kappa shape index (κ1) is 29.9. The summed E-state index contributed by atoms with van der Waals surface area (Å²) in [5.41, 5.74) is -0.539. The molecule has 0 N–H and O–H groups in total. The summed E-state index contributed by atoms with van der Waals surface area (Å²) in [5, 5.41) is 0. The number of esters is 1. The second-order valence-corrected chi connectivity index (χ2v) is 12.8. The van der Waals surface area contributed by atoms with Gasteiger partial charge < -0.3 is 18.9 Å². The molecule has 5 rings (SSSR count). The van der Waals surface area contributed by atoms with Crippen molar-refractivity contribution in [3.05, 3.63) is 90.0 Å². The van der Waals surface area contributed by atoms with Gasteiger partial charge in [0.1, 0.15) is 34.9 Å². The predicted octanol–water partition coefficient (Wildman–Crippen LogP) is 7.03. The fourth-order valence-corrected chi connectivity index (χ4v) is 5.95. The number of hydrogen-bond acceptors (Lipinski definition) is 7. The Morgan fingerprint density at radius 1 is 0.744 bits per heavy atom. The number of carbonyl (C=O) groups excluding carboxylic acids is 3. The molecular weight excluding hydrogens is 548 g/mol. The van der Waals surface area contributed by atoms with E-state index >= 15 is 0 Å². The van der Waals surface area contributed by atoms with Crippen LogP contribution in [0.1, 0.15) is 59.1 Å². The Hall–Kier alpha value is -4.53. The topological polar surface area (TPSA) is 94.6 Å². The molecule has 0 aromatic heterocycles. The Bertz CT molecular complexity index is 1510. The number of amides is 2. The van der Waals surface area contributed by atoms with Crippen molar-refractivity contribution in [3.8, 4) is 11.5 Å². The Morgan fingerprint density at radius 2 is 1.30 bits per heavy atom. The first-order valence-electron chi connectivity index (χ1n) is 14.3. The van der Waals surface area contributed by atoms with Crippen LogP contribution in [-0.4, -0.2) is 53.6 Å². The van der Waals surface area contributed by atoms with E-state index in [9.17, 15) is 14.4 Å². The minimum atomic E-state index is -1.04. The van der Waals surface area contributed by atoms with E-state index < -0.39 is 47.0 Å². The maximum Gasteiger partial charge on any atom is 0.416 e. The van der Waals surface area contributed by atoms with E-state index in [0.717, 1.165) is 11.1 Å². The van der Waals surface area contributed by atoms with E-state index in [1.165, 1.54) is 16.9 Å². The third-order valence-electron chi connectivity index (χ3n) is 7.46. The first-order valence-corrected chi connectivity index (χ1v) is 14.3. The van der Waals surface area contributed by atoms with Crippen molar-refractivity contribution in [1.29, 1.82) is 0 Å². The SMILES string of the molecule is COC(=O)[C@@H]1C[C@@]2(c3ccc(Oc4ccccc4)cc3)c3ccccc3N(C(=O)OC(C)(C)C)[C@H]2N1C(=O)OC(C)(C)C. The van der Waals surface area contributed by atoms with Gasteiger partial charge in [-0.1, -0.05) is 48.5 Å². The van der Waals surface area contributed by atoms with Crippen LogP contribution in [0.25, 0.3) is 0 Å². The molecule has 3 aromatic carbocycles. The lowest BCUT2D eigenvalue weighted by atomic mass is 9.72. The number of para-hydroxylation sites is 2. The number of likely N-dealkylation sites (tertiary alicyclic amines) is 1. The van der Waals surface area contributed by atoms with Crippen molar-refractivity contribution in [2.45, 2.75) is 76.8 Å². The van der Waals surface area contributed by atoms with Gasteiger partial charge in [0, 0.05) is 0 Å². The van der Waals surface area contributed by atoms with Gasteiger partial charge in [0.25, 0.3) is 0 Å². The standard InChI is InChI=1S/C34H38N2O7/c1-32(2,3)42-30(38)35-26-16-12-11-15-25(26)34(22-17-19-24(20-18-22)41-23-13-9-8-10-14-23)21-27(28(37)40-7)36(29(34)35)31(39)43-33(4,5)6/h8-20,27,29H,21H2,1-7H3/t27-,29-,34+/m0/s1. The lowest BCUT2D eigenvalue weighted by Gasteiger charge is -2.38. The predicted molar refractivity (Wildman–Crippen MR) is 161 cm³/mol. The number of carbonyl (C=O) groups is 3. The molecule has 0 saturated carbocycles. The van der Waals surface area contributed by atoms with E-state index in [0.29, 0.717) is 17.2 Å². The number of fused-ring (bicyclic) bond motifs is 3. The molecule has 2 heterocycles. The van der Waals surface area contributed by atoms with Gasteiger partial charge in [-0.25, -0.2) is 14.4 Å². The zero-order valence-electron chi connectivity index (χ0n) is 25.6. The van der Waals surface area contributed by atoms with Gasteiger partial charge in [-0.3, -0.25) is 9.80 Å². The summed E-state index contributed by atoms with van der Waals surface area (Å²) < 4.78 is 22.9. The highest BCUT2D eigenvalue weighted by atomic mass is 16.6. The van der Waals surface area contributed by atoms with Crippen LogP contribution >= 0.6 is 0 Å². The summed E-state index contributed by atoms with van der Waals surface area (Å²) in [5.74, 6) is 0.700. The second kappa shape index (κ2) is 10.9. The Balaban J connectivity index is 1.70. The molecule has 1 fully saturated rings. The Labute approximate surface area is 252 Å². The summed E-state index contributed by atoms with van der Waals surface area (Å²) in [6.07, 6.45) is -2.21. The molecule has 2 aliphatic rings. The highest BCUT2D eigenvalue weighted by Crippen LogP contribution is 2.58. The lowest BCUT2D eigenvalue weighted by Crippen LogP contribution is -2.58. The molecule has 9 nitrogen and oxygen atoms in total. The van der Waals surface area contributed by atoms with Crippen molar-refractivity contribution >= 4 is 23.8 Å². The van der Waals surface area contributed by atoms with Crippen molar-refractivity contribution in [3.63, 3.8) is 0 Å². The Morgan fingerprint density at radius 3 is 1.91 bits per heavy atom. The number of benzene rings is 3. The summed E-state index contributed by atoms with van der Waals surface area (Å²) in [6, 6.07) is 23.4. The average Bonchev–Trinajstić information content (AvgIpc) is 3.42. The molecular formula is C34H38N2O7. The number of anilines is 1. The third kappa shape index (κ3) is 5.63. The normalized spacial score (nSPS) is 21.1. The number of rotatable bonds is 4. The van der Waals surface area contributed by atoms with Gasteiger partial charge in [-0.05, 0) is 89.4 Å². The van der Waals surface area contributed by atoms with Crippen molar-refractivity contribution < 1.29 is 33.3 Å². The fraction of sp³-hybridized carbons (Fsp3) is 0.382. The highest BCUT2D eigenvalue weighted by molar-refractivity contribution is 5.96. The van der Waals surface area contributed by atoms with E-state index in [1.807, 2.05) is 78.9 Å². The Kier molecular flexibility index (Phi) is 7.62. The third-order valence-corrected chi connectivity index (χ3v) is 7.46. The summed E-state index contributed by atoms with van der Waals surface area (Å²) >= 11 is 0. The monoisotopic (exact) mass is 586 g/mol. The fourth-order valence-electron chi connectivity index (χ4n) is 5.95. The zero-order chi connectivity index (χ0) is 31.2. The van der Waals surface area contributed by atoms with Crippen LogP contribution in [0.3, 0.4) is 0 Å². The van der Waals surface area contributed by atoms with Crippen molar-refractivity contribution in [2.75, 3.05) is 12.0 Å². The highest BCUT2D eigenvalue weighted by Gasteiger charge is 2.66. The average molecular weight is 587 g/mol. The van der Waals surface area contributed by atoms with Crippen LogP contribution < -0.4 is 9.64 Å². The molecule has 43 heavy (non-hydrogen) atoms. The molecule has 0 spiro atoms. The van der Waals surface area contributed by atoms with Crippen LogP contribution in [0.2, 0.25) is 0 Å². The quantitative estimate of drug-likeness (QED) is 0.239. The molecule has 2 amide bonds. The minimum absolute atomic E-state index is 0.152. The van der Waals surface area contributed by atoms with E-state index in [1.54, 1.807) is 41.5 Å². The van der Waals surface area contributed by atoms with Gasteiger partial charge >= 0.3 is 18.2 Å². The zero-order valence-corrected chi connectivity index (χ0v) is 25.6. The number of methoxy groups -OCH3 is 1. The molecule has 1 saturated heterocycles. The van der Waals surface area contributed by atoms with Crippen molar-refractivity contribution in [2.24, 2.45) is 0 Å². The molecule has 2 aliphatic heterocycles. The second-order valence-electron chi connectivity index (χ2n) is 12.8. The van der Waals surface area contributed by atoms with Crippen LogP contribution in [0, 0.1) is 0 Å². The van der Waals surface area contributed by atoms with E-state index in [2.05, 4.69) is 0 Å².